The molecule has 2 heterocycles. The number of nitrogens with zero attached hydrogens (tertiary/aromatic N) is 1. The van der Waals surface area contributed by atoms with E-state index in [-0.39, 0.29) is 12.3 Å². The van der Waals surface area contributed by atoms with Crippen LogP contribution in [-0.4, -0.2) is 24.0 Å². The number of hydrogen-bond acceptors (Lipinski definition) is 5. The van der Waals surface area contributed by atoms with Gasteiger partial charge in [-0.15, -0.1) is 11.3 Å². The Balaban J connectivity index is 2.04. The molecule has 0 aliphatic heterocycles. The Morgan fingerprint density at radius 2 is 2.21 bits per heavy atom. The smallest absolute Gasteiger partial charge is 0.340 e. The van der Waals surface area contributed by atoms with Gasteiger partial charge < -0.3 is 10.1 Å². The van der Waals surface area contributed by atoms with Gasteiger partial charge in [0.15, 0.2) is 0 Å². The maximum absolute atomic E-state index is 11.8. The molecule has 2 aromatic heterocycles. The highest BCUT2D eigenvalue weighted by Crippen LogP contribution is 2.23. The summed E-state index contributed by atoms with van der Waals surface area (Å²) in [6.07, 6.45) is 1.80. The molecule has 6 heteroatoms. The molecule has 0 saturated carbocycles. The molecule has 2 aromatic rings. The highest BCUT2D eigenvalue weighted by Gasteiger charge is 2.15. The first-order chi connectivity index (χ1) is 9.20. The molecule has 0 radical (unpaired) electrons. The van der Waals surface area contributed by atoms with Crippen LogP contribution in [0.3, 0.4) is 0 Å². The van der Waals surface area contributed by atoms with E-state index in [1.165, 1.54) is 18.4 Å². The third kappa shape index (κ3) is 3.38. The number of aromatic nitrogens is 1. The number of ether oxygens (including phenoxy) is 1. The number of esters is 1. The summed E-state index contributed by atoms with van der Waals surface area (Å²) in [5.41, 5.74) is 1.04. The number of thiophene rings is 1. The first kappa shape index (κ1) is 13.2. The van der Waals surface area contributed by atoms with Crippen molar-refractivity contribution < 1.29 is 14.3 Å². The van der Waals surface area contributed by atoms with Gasteiger partial charge in [0.1, 0.15) is 5.00 Å². The first-order valence-corrected chi connectivity index (χ1v) is 6.44. The molecule has 19 heavy (non-hydrogen) atoms. The number of hydrogen-bond donors (Lipinski definition) is 1. The maximum atomic E-state index is 11.8. The minimum atomic E-state index is -0.464. The number of methoxy groups -OCH3 is 1. The Morgan fingerprint density at radius 3 is 2.89 bits per heavy atom. The summed E-state index contributed by atoms with van der Waals surface area (Å²) in [4.78, 5) is 27.4. The zero-order valence-corrected chi connectivity index (χ0v) is 11.1. The Hall–Kier alpha value is -2.21. The summed E-state index contributed by atoms with van der Waals surface area (Å²) < 4.78 is 4.64. The summed E-state index contributed by atoms with van der Waals surface area (Å²) in [7, 11) is 1.31. The summed E-state index contributed by atoms with van der Waals surface area (Å²) >= 11 is 1.28. The molecule has 1 N–H and O–H groups in total. The van der Waals surface area contributed by atoms with Gasteiger partial charge in [-0.05, 0) is 23.6 Å². The van der Waals surface area contributed by atoms with Crippen molar-refractivity contribution in [3.05, 3.63) is 47.1 Å². The molecule has 0 aliphatic carbocycles. The predicted molar refractivity (Wildman–Crippen MR) is 72.2 cm³/mol. The van der Waals surface area contributed by atoms with Crippen LogP contribution < -0.4 is 5.32 Å². The van der Waals surface area contributed by atoms with Gasteiger partial charge in [-0.1, -0.05) is 6.07 Å². The average molecular weight is 276 g/mol. The number of amides is 1. The molecule has 98 valence electrons. The fourth-order valence-corrected chi connectivity index (χ4v) is 2.31. The number of carbonyl (C=O) groups excluding carboxylic acids is 2. The van der Waals surface area contributed by atoms with Crippen LogP contribution in [0.25, 0.3) is 0 Å². The fourth-order valence-electron chi connectivity index (χ4n) is 1.51. The quantitative estimate of drug-likeness (QED) is 0.868. The molecule has 0 aromatic carbocycles. The van der Waals surface area contributed by atoms with E-state index in [0.717, 1.165) is 0 Å². The van der Waals surface area contributed by atoms with Crippen LogP contribution in [0.4, 0.5) is 5.00 Å². The second kappa shape index (κ2) is 6.10. The number of carbonyl (C=O) groups is 2. The lowest BCUT2D eigenvalue weighted by Gasteiger charge is -2.04. The van der Waals surface area contributed by atoms with Crippen LogP contribution in [0.1, 0.15) is 16.1 Å². The minimum absolute atomic E-state index is 0.166. The average Bonchev–Trinajstić information content (AvgIpc) is 2.87. The lowest BCUT2D eigenvalue weighted by atomic mass is 10.2. The molecule has 0 unspecified atom stereocenters. The predicted octanol–water partition coefficient (Wildman–Crippen LogP) is 2.11. The van der Waals surface area contributed by atoms with Crippen LogP contribution in [0.15, 0.2) is 35.8 Å². The molecule has 5 nitrogen and oxygen atoms in total. The second-order valence-electron chi connectivity index (χ2n) is 3.70. The molecule has 0 bridgehead atoms. The zero-order valence-electron chi connectivity index (χ0n) is 10.3. The van der Waals surface area contributed by atoms with Gasteiger partial charge in [0.25, 0.3) is 0 Å². The van der Waals surface area contributed by atoms with Gasteiger partial charge in [-0.3, -0.25) is 9.78 Å². The molecule has 2 rings (SSSR count). The van der Waals surface area contributed by atoms with E-state index in [4.69, 9.17) is 0 Å². The summed E-state index contributed by atoms with van der Waals surface area (Å²) in [5, 5.41) is 4.91. The van der Waals surface area contributed by atoms with Crippen molar-refractivity contribution in [1.82, 2.24) is 4.98 Å². The van der Waals surface area contributed by atoms with E-state index in [1.807, 2.05) is 6.07 Å². The van der Waals surface area contributed by atoms with E-state index < -0.39 is 5.97 Å². The monoisotopic (exact) mass is 276 g/mol. The van der Waals surface area contributed by atoms with Gasteiger partial charge in [0.2, 0.25) is 5.91 Å². The Morgan fingerprint density at radius 1 is 1.37 bits per heavy atom. The largest absolute Gasteiger partial charge is 0.465 e. The van der Waals surface area contributed by atoms with Gasteiger partial charge in [-0.2, -0.15) is 0 Å². The maximum Gasteiger partial charge on any atom is 0.340 e. The number of nitrogens with one attached hydrogen (secondary N) is 1. The number of anilines is 1. The fraction of sp³-hybridized carbons (Fsp3) is 0.154. The van der Waals surface area contributed by atoms with Gasteiger partial charge in [-0.25, -0.2) is 4.79 Å². The third-order valence-electron chi connectivity index (χ3n) is 2.39. The molecular weight excluding hydrogens is 264 g/mol. The molecular formula is C13H12N2O3S. The number of pyridine rings is 1. The SMILES string of the molecule is COC(=O)c1ccsc1NC(=O)Cc1ccccn1. The van der Waals surface area contributed by atoms with E-state index in [1.54, 1.807) is 29.8 Å². The van der Waals surface area contributed by atoms with Crippen molar-refractivity contribution in [3.8, 4) is 0 Å². The molecule has 0 aliphatic rings. The molecule has 0 saturated heterocycles. The Bertz CT molecular complexity index is 581. The van der Waals surface area contributed by atoms with Crippen LogP contribution in [0.5, 0.6) is 0 Å². The minimum Gasteiger partial charge on any atom is -0.465 e. The Labute approximate surface area is 114 Å². The van der Waals surface area contributed by atoms with Crippen molar-refractivity contribution in [2.75, 3.05) is 12.4 Å². The molecule has 0 spiro atoms. The van der Waals surface area contributed by atoms with Crippen molar-refractivity contribution >= 4 is 28.2 Å². The van der Waals surface area contributed by atoms with Crippen molar-refractivity contribution in [3.63, 3.8) is 0 Å². The Kier molecular flexibility index (Phi) is 4.25. The topological polar surface area (TPSA) is 68.3 Å². The molecule has 0 atom stereocenters. The van der Waals surface area contributed by atoms with E-state index in [9.17, 15) is 9.59 Å². The summed E-state index contributed by atoms with van der Waals surface area (Å²) in [6.45, 7) is 0. The zero-order chi connectivity index (χ0) is 13.7. The lowest BCUT2D eigenvalue weighted by Crippen LogP contribution is -2.16. The highest BCUT2D eigenvalue weighted by atomic mass is 32.1. The van der Waals surface area contributed by atoms with E-state index in [2.05, 4.69) is 15.0 Å². The van der Waals surface area contributed by atoms with Gasteiger partial charge in [0.05, 0.1) is 19.1 Å². The van der Waals surface area contributed by atoms with Gasteiger partial charge >= 0.3 is 5.97 Å². The van der Waals surface area contributed by atoms with E-state index in [0.29, 0.717) is 16.3 Å². The van der Waals surface area contributed by atoms with Crippen molar-refractivity contribution in [2.45, 2.75) is 6.42 Å². The van der Waals surface area contributed by atoms with E-state index >= 15 is 0 Å². The standard InChI is InChI=1S/C13H12N2O3S/c1-18-13(17)10-5-7-19-12(10)15-11(16)8-9-4-2-3-6-14-9/h2-7H,8H2,1H3,(H,15,16). The number of rotatable bonds is 4. The second-order valence-corrected chi connectivity index (χ2v) is 4.62. The molecule has 1 amide bonds. The molecule has 0 fully saturated rings. The normalized spacial score (nSPS) is 9.95. The summed E-state index contributed by atoms with van der Waals surface area (Å²) in [6, 6.07) is 7.00. The lowest BCUT2D eigenvalue weighted by molar-refractivity contribution is -0.115. The van der Waals surface area contributed by atoms with Crippen molar-refractivity contribution in [1.29, 1.82) is 0 Å². The third-order valence-corrected chi connectivity index (χ3v) is 3.22. The highest BCUT2D eigenvalue weighted by molar-refractivity contribution is 7.14. The summed E-state index contributed by atoms with van der Waals surface area (Å²) in [5.74, 6) is -0.680. The van der Waals surface area contributed by atoms with Gasteiger partial charge in [0, 0.05) is 11.9 Å². The van der Waals surface area contributed by atoms with Crippen LogP contribution in [0.2, 0.25) is 0 Å². The van der Waals surface area contributed by atoms with Crippen LogP contribution >= 0.6 is 11.3 Å². The first-order valence-electron chi connectivity index (χ1n) is 5.56. The van der Waals surface area contributed by atoms with Crippen molar-refractivity contribution in [2.24, 2.45) is 0 Å². The van der Waals surface area contributed by atoms with Crippen LogP contribution in [0, 0.1) is 0 Å². The van der Waals surface area contributed by atoms with Crippen LogP contribution in [-0.2, 0) is 16.0 Å².